The SMILES string of the molecule is CCC(=O)C1CNc2ccccc21. The van der Waals surface area contributed by atoms with E-state index in [1.807, 2.05) is 31.2 Å². The lowest BCUT2D eigenvalue weighted by atomic mass is 9.95. The lowest BCUT2D eigenvalue weighted by Crippen LogP contribution is -2.13. The van der Waals surface area contributed by atoms with Crippen LogP contribution in [0.1, 0.15) is 24.8 Å². The van der Waals surface area contributed by atoms with Gasteiger partial charge in [0.15, 0.2) is 0 Å². The second-order valence-electron chi connectivity index (χ2n) is 3.34. The van der Waals surface area contributed by atoms with Crippen LogP contribution in [0.3, 0.4) is 0 Å². The van der Waals surface area contributed by atoms with Crippen LogP contribution < -0.4 is 5.32 Å². The first-order valence-electron chi connectivity index (χ1n) is 4.68. The molecule has 1 N–H and O–H groups in total. The van der Waals surface area contributed by atoms with E-state index in [0.29, 0.717) is 12.2 Å². The van der Waals surface area contributed by atoms with Crippen molar-refractivity contribution in [3.63, 3.8) is 0 Å². The third kappa shape index (κ3) is 1.32. The smallest absolute Gasteiger partial charge is 0.141 e. The van der Waals surface area contributed by atoms with Crippen LogP contribution in [-0.4, -0.2) is 12.3 Å². The lowest BCUT2D eigenvalue weighted by Gasteiger charge is -2.05. The Morgan fingerprint density at radius 1 is 1.54 bits per heavy atom. The fourth-order valence-electron chi connectivity index (χ4n) is 1.82. The van der Waals surface area contributed by atoms with E-state index >= 15 is 0 Å². The van der Waals surface area contributed by atoms with Gasteiger partial charge < -0.3 is 5.32 Å². The molecule has 2 rings (SSSR count). The van der Waals surface area contributed by atoms with Crippen molar-refractivity contribution in [2.24, 2.45) is 0 Å². The second kappa shape index (κ2) is 3.21. The molecule has 13 heavy (non-hydrogen) atoms. The van der Waals surface area contributed by atoms with E-state index < -0.39 is 0 Å². The number of hydrogen-bond donors (Lipinski definition) is 1. The van der Waals surface area contributed by atoms with Gasteiger partial charge in [0.05, 0.1) is 5.92 Å². The molecule has 0 aliphatic carbocycles. The molecule has 0 spiro atoms. The number of hydrogen-bond acceptors (Lipinski definition) is 2. The van der Waals surface area contributed by atoms with Gasteiger partial charge in [0, 0.05) is 18.7 Å². The van der Waals surface area contributed by atoms with Crippen LogP contribution >= 0.6 is 0 Å². The normalized spacial score (nSPS) is 19.3. The van der Waals surface area contributed by atoms with Gasteiger partial charge in [-0.15, -0.1) is 0 Å². The Labute approximate surface area is 78.0 Å². The van der Waals surface area contributed by atoms with Gasteiger partial charge >= 0.3 is 0 Å². The van der Waals surface area contributed by atoms with Crippen molar-refractivity contribution in [1.82, 2.24) is 0 Å². The molecule has 68 valence electrons. The number of para-hydroxylation sites is 1. The molecule has 1 aliphatic rings. The number of nitrogens with one attached hydrogen (secondary N) is 1. The number of rotatable bonds is 2. The Morgan fingerprint density at radius 3 is 3.08 bits per heavy atom. The van der Waals surface area contributed by atoms with Gasteiger partial charge in [0.1, 0.15) is 5.78 Å². The summed E-state index contributed by atoms with van der Waals surface area (Å²) in [6, 6.07) is 8.04. The predicted octanol–water partition coefficient (Wildman–Crippen LogP) is 2.17. The molecular formula is C11H13NO. The van der Waals surface area contributed by atoms with Crippen LogP contribution in [0.5, 0.6) is 0 Å². The van der Waals surface area contributed by atoms with E-state index in [1.165, 1.54) is 0 Å². The van der Waals surface area contributed by atoms with Crippen molar-refractivity contribution in [3.8, 4) is 0 Å². The second-order valence-corrected chi connectivity index (χ2v) is 3.34. The van der Waals surface area contributed by atoms with Crippen molar-refractivity contribution >= 4 is 11.5 Å². The van der Waals surface area contributed by atoms with Crippen LogP contribution in [0.25, 0.3) is 0 Å². The molecule has 1 aromatic rings. The van der Waals surface area contributed by atoms with E-state index in [2.05, 4.69) is 5.32 Å². The Balaban J connectivity index is 2.33. The summed E-state index contributed by atoms with van der Waals surface area (Å²) >= 11 is 0. The quantitative estimate of drug-likeness (QED) is 0.746. The number of fused-ring (bicyclic) bond motifs is 1. The largest absolute Gasteiger partial charge is 0.384 e. The predicted molar refractivity (Wildman–Crippen MR) is 53.0 cm³/mol. The van der Waals surface area contributed by atoms with E-state index in [4.69, 9.17) is 0 Å². The molecule has 0 fully saturated rings. The summed E-state index contributed by atoms with van der Waals surface area (Å²) < 4.78 is 0. The highest BCUT2D eigenvalue weighted by atomic mass is 16.1. The fraction of sp³-hybridized carbons (Fsp3) is 0.364. The summed E-state index contributed by atoms with van der Waals surface area (Å²) in [6.07, 6.45) is 0.626. The van der Waals surface area contributed by atoms with Gasteiger partial charge in [-0.3, -0.25) is 4.79 Å². The van der Waals surface area contributed by atoms with Gasteiger partial charge in [-0.2, -0.15) is 0 Å². The number of ketones is 1. The Bertz CT molecular complexity index is 333. The van der Waals surface area contributed by atoms with Gasteiger partial charge in [-0.25, -0.2) is 0 Å². The van der Waals surface area contributed by atoms with E-state index in [0.717, 1.165) is 17.8 Å². The molecule has 1 aliphatic heterocycles. The lowest BCUT2D eigenvalue weighted by molar-refractivity contribution is -0.119. The summed E-state index contributed by atoms with van der Waals surface area (Å²) in [7, 11) is 0. The first-order valence-corrected chi connectivity index (χ1v) is 4.68. The third-order valence-corrected chi connectivity index (χ3v) is 2.57. The van der Waals surface area contributed by atoms with Crippen LogP contribution in [0.4, 0.5) is 5.69 Å². The Morgan fingerprint density at radius 2 is 2.31 bits per heavy atom. The van der Waals surface area contributed by atoms with Crippen molar-refractivity contribution in [3.05, 3.63) is 29.8 Å². The third-order valence-electron chi connectivity index (χ3n) is 2.57. The van der Waals surface area contributed by atoms with E-state index in [1.54, 1.807) is 0 Å². The number of carbonyl (C=O) groups excluding carboxylic acids is 1. The molecule has 1 unspecified atom stereocenters. The van der Waals surface area contributed by atoms with Crippen LogP contribution in [-0.2, 0) is 4.79 Å². The summed E-state index contributed by atoms with van der Waals surface area (Å²) in [4.78, 5) is 11.5. The zero-order valence-corrected chi connectivity index (χ0v) is 7.71. The molecule has 0 saturated heterocycles. The minimum atomic E-state index is 0.0844. The fourth-order valence-corrected chi connectivity index (χ4v) is 1.82. The molecular weight excluding hydrogens is 162 g/mol. The summed E-state index contributed by atoms with van der Waals surface area (Å²) in [5.74, 6) is 0.415. The molecule has 1 heterocycles. The standard InChI is InChI=1S/C11H13NO/c1-2-11(13)9-7-12-10-6-4-3-5-8(9)10/h3-6,9,12H,2,7H2,1H3. The Hall–Kier alpha value is -1.31. The van der Waals surface area contributed by atoms with Crippen LogP contribution in [0.15, 0.2) is 24.3 Å². The van der Waals surface area contributed by atoms with Crippen molar-refractivity contribution < 1.29 is 4.79 Å². The number of Topliss-reactive ketones (excluding diaryl/α,β-unsaturated/α-hetero) is 1. The molecule has 2 nitrogen and oxygen atoms in total. The van der Waals surface area contributed by atoms with Gasteiger partial charge in [-0.1, -0.05) is 25.1 Å². The maximum Gasteiger partial charge on any atom is 0.141 e. The van der Waals surface area contributed by atoms with Gasteiger partial charge in [0.2, 0.25) is 0 Å². The molecule has 0 bridgehead atoms. The Kier molecular flexibility index (Phi) is 2.05. The minimum absolute atomic E-state index is 0.0844. The molecule has 0 aromatic heterocycles. The molecule has 1 atom stereocenters. The van der Waals surface area contributed by atoms with Gasteiger partial charge in [0.25, 0.3) is 0 Å². The highest BCUT2D eigenvalue weighted by Gasteiger charge is 2.26. The molecule has 0 saturated carbocycles. The van der Waals surface area contributed by atoms with Crippen molar-refractivity contribution in [2.45, 2.75) is 19.3 Å². The number of carbonyl (C=O) groups is 1. The van der Waals surface area contributed by atoms with E-state index in [9.17, 15) is 4.79 Å². The highest BCUT2D eigenvalue weighted by molar-refractivity contribution is 5.89. The maximum absolute atomic E-state index is 11.5. The van der Waals surface area contributed by atoms with Crippen LogP contribution in [0.2, 0.25) is 0 Å². The highest BCUT2D eigenvalue weighted by Crippen LogP contribution is 2.31. The molecule has 0 radical (unpaired) electrons. The number of anilines is 1. The molecule has 2 heteroatoms. The van der Waals surface area contributed by atoms with Crippen molar-refractivity contribution in [2.75, 3.05) is 11.9 Å². The van der Waals surface area contributed by atoms with E-state index in [-0.39, 0.29) is 5.92 Å². The first kappa shape index (κ1) is 8.30. The topological polar surface area (TPSA) is 29.1 Å². The maximum atomic E-state index is 11.5. The number of benzene rings is 1. The zero-order chi connectivity index (χ0) is 9.26. The molecule has 0 amide bonds. The van der Waals surface area contributed by atoms with Gasteiger partial charge in [-0.05, 0) is 11.6 Å². The average Bonchev–Trinajstić information content (AvgIpc) is 2.60. The monoisotopic (exact) mass is 175 g/mol. The summed E-state index contributed by atoms with van der Waals surface area (Å²) in [5.41, 5.74) is 2.28. The van der Waals surface area contributed by atoms with Crippen LogP contribution in [0, 0.1) is 0 Å². The van der Waals surface area contributed by atoms with Crippen molar-refractivity contribution in [1.29, 1.82) is 0 Å². The summed E-state index contributed by atoms with van der Waals surface area (Å²) in [6.45, 7) is 2.69. The zero-order valence-electron chi connectivity index (χ0n) is 7.71. The average molecular weight is 175 g/mol. The molecule has 1 aromatic carbocycles. The summed E-state index contributed by atoms with van der Waals surface area (Å²) in [5, 5.41) is 3.24. The first-order chi connectivity index (χ1) is 6.33. The minimum Gasteiger partial charge on any atom is -0.384 e.